The predicted molar refractivity (Wildman–Crippen MR) is 78.6 cm³/mol. The lowest BCUT2D eigenvalue weighted by Gasteiger charge is -2.14. The first kappa shape index (κ1) is 15.5. The highest BCUT2D eigenvalue weighted by Gasteiger charge is 2.12. The zero-order valence-electron chi connectivity index (χ0n) is 11.7. The topological polar surface area (TPSA) is 69.4 Å². The van der Waals surface area contributed by atoms with Gasteiger partial charge in [-0.25, -0.2) is 12.8 Å². The molecule has 0 aromatic heterocycles. The molecule has 0 aliphatic carbocycles. The van der Waals surface area contributed by atoms with E-state index >= 15 is 0 Å². The second-order valence-corrected chi connectivity index (χ2v) is 6.84. The maximum Gasteiger partial charge on any atom is 0.175 e. The van der Waals surface area contributed by atoms with Crippen LogP contribution in [0.15, 0.2) is 47.4 Å². The van der Waals surface area contributed by atoms with E-state index in [0.29, 0.717) is 17.1 Å². The summed E-state index contributed by atoms with van der Waals surface area (Å²) in [6, 6.07) is 9.75. The molecule has 0 aliphatic heterocycles. The van der Waals surface area contributed by atoms with Crippen LogP contribution in [-0.4, -0.2) is 14.7 Å². The van der Waals surface area contributed by atoms with E-state index in [-0.39, 0.29) is 4.90 Å². The van der Waals surface area contributed by atoms with Crippen LogP contribution < -0.4 is 10.5 Å². The Kier molecular flexibility index (Phi) is 4.29. The fourth-order valence-electron chi connectivity index (χ4n) is 1.86. The number of halogens is 1. The van der Waals surface area contributed by atoms with E-state index in [0.717, 1.165) is 6.26 Å². The molecule has 2 aromatic carbocycles. The summed E-state index contributed by atoms with van der Waals surface area (Å²) in [5.41, 5.74) is 6.31. The maximum absolute atomic E-state index is 13.3. The Bertz CT molecular complexity index is 757. The minimum atomic E-state index is -3.32. The molecule has 0 fully saturated rings. The molecule has 0 radical (unpaired) electrons. The Morgan fingerprint density at radius 2 is 1.90 bits per heavy atom. The number of sulfone groups is 1. The van der Waals surface area contributed by atoms with Gasteiger partial charge in [-0.1, -0.05) is 6.07 Å². The van der Waals surface area contributed by atoms with Gasteiger partial charge < -0.3 is 10.5 Å². The summed E-state index contributed by atoms with van der Waals surface area (Å²) in [4.78, 5) is 0.157. The minimum Gasteiger partial charge on any atom is -0.457 e. The third-order valence-electron chi connectivity index (χ3n) is 2.92. The van der Waals surface area contributed by atoms with Gasteiger partial charge in [-0.15, -0.1) is 0 Å². The summed E-state index contributed by atoms with van der Waals surface area (Å²) in [7, 11) is -3.32. The summed E-state index contributed by atoms with van der Waals surface area (Å²) in [6.07, 6.45) is 1.12. The molecule has 0 unspecified atom stereocenters. The molecular formula is C15H16FNO3S. The SMILES string of the molecule is C[C@@H](N)c1cc(F)ccc1Oc1cccc(S(C)(=O)=O)c1. The molecule has 0 aliphatic rings. The van der Waals surface area contributed by atoms with Crippen molar-refractivity contribution in [3.63, 3.8) is 0 Å². The van der Waals surface area contributed by atoms with Gasteiger partial charge in [0, 0.05) is 17.9 Å². The highest BCUT2D eigenvalue weighted by Crippen LogP contribution is 2.30. The summed E-state index contributed by atoms with van der Waals surface area (Å²) in [5, 5.41) is 0. The fourth-order valence-corrected chi connectivity index (χ4v) is 2.52. The molecule has 0 saturated heterocycles. The first-order chi connectivity index (χ1) is 9.77. The molecular weight excluding hydrogens is 293 g/mol. The van der Waals surface area contributed by atoms with Gasteiger partial charge in [0.1, 0.15) is 17.3 Å². The Hall–Kier alpha value is -1.92. The molecule has 4 nitrogen and oxygen atoms in total. The second-order valence-electron chi connectivity index (χ2n) is 4.82. The van der Waals surface area contributed by atoms with Crippen molar-refractivity contribution in [2.75, 3.05) is 6.26 Å². The summed E-state index contributed by atoms with van der Waals surface area (Å²) >= 11 is 0. The molecule has 0 heterocycles. The summed E-state index contributed by atoms with van der Waals surface area (Å²) < 4.78 is 42.0. The third kappa shape index (κ3) is 3.80. The standard InChI is InChI=1S/C15H16FNO3S/c1-10(17)14-8-11(16)6-7-15(14)20-12-4-3-5-13(9-12)21(2,18)19/h3-10H,17H2,1-2H3/t10-/m1/s1. The molecule has 2 aromatic rings. The van der Waals surface area contributed by atoms with E-state index in [4.69, 9.17) is 10.5 Å². The van der Waals surface area contributed by atoms with Gasteiger partial charge in [0.2, 0.25) is 0 Å². The van der Waals surface area contributed by atoms with Crippen molar-refractivity contribution in [3.05, 3.63) is 53.8 Å². The number of nitrogens with two attached hydrogens (primary N) is 1. The molecule has 2 N–H and O–H groups in total. The largest absolute Gasteiger partial charge is 0.457 e. The lowest BCUT2D eigenvalue weighted by molar-refractivity contribution is 0.467. The summed E-state index contributed by atoms with van der Waals surface area (Å²) in [5.74, 6) is 0.350. The first-order valence-corrected chi connectivity index (χ1v) is 8.19. The van der Waals surface area contributed by atoms with Crippen molar-refractivity contribution in [1.82, 2.24) is 0 Å². The van der Waals surface area contributed by atoms with Crippen LogP contribution in [0.2, 0.25) is 0 Å². The molecule has 6 heteroatoms. The highest BCUT2D eigenvalue weighted by molar-refractivity contribution is 7.90. The average molecular weight is 309 g/mol. The van der Waals surface area contributed by atoms with Crippen LogP contribution >= 0.6 is 0 Å². The smallest absolute Gasteiger partial charge is 0.175 e. The molecule has 0 amide bonds. The number of rotatable bonds is 4. The van der Waals surface area contributed by atoms with E-state index in [1.807, 2.05) is 0 Å². The zero-order valence-corrected chi connectivity index (χ0v) is 12.5. The molecule has 0 spiro atoms. The van der Waals surface area contributed by atoms with Gasteiger partial charge in [-0.2, -0.15) is 0 Å². The van der Waals surface area contributed by atoms with E-state index in [9.17, 15) is 12.8 Å². The Balaban J connectivity index is 2.39. The minimum absolute atomic E-state index is 0.157. The quantitative estimate of drug-likeness (QED) is 0.942. The lowest BCUT2D eigenvalue weighted by atomic mass is 10.1. The third-order valence-corrected chi connectivity index (χ3v) is 4.03. The number of ether oxygens (including phenoxy) is 1. The van der Waals surface area contributed by atoms with Crippen LogP contribution in [0.1, 0.15) is 18.5 Å². The van der Waals surface area contributed by atoms with Gasteiger partial charge in [0.25, 0.3) is 0 Å². The highest BCUT2D eigenvalue weighted by atomic mass is 32.2. The van der Waals surface area contributed by atoms with Crippen LogP contribution in [-0.2, 0) is 9.84 Å². The monoisotopic (exact) mass is 309 g/mol. The van der Waals surface area contributed by atoms with Gasteiger partial charge in [-0.3, -0.25) is 0 Å². The van der Waals surface area contributed by atoms with E-state index in [2.05, 4.69) is 0 Å². The summed E-state index contributed by atoms with van der Waals surface area (Å²) in [6.45, 7) is 1.72. The molecule has 21 heavy (non-hydrogen) atoms. The van der Waals surface area contributed by atoms with Crippen molar-refractivity contribution < 1.29 is 17.5 Å². The van der Waals surface area contributed by atoms with Crippen molar-refractivity contribution in [1.29, 1.82) is 0 Å². The Morgan fingerprint density at radius 1 is 1.19 bits per heavy atom. The molecule has 0 saturated carbocycles. The van der Waals surface area contributed by atoms with E-state index in [1.54, 1.807) is 19.1 Å². The molecule has 0 bridgehead atoms. The van der Waals surface area contributed by atoms with Gasteiger partial charge in [-0.05, 0) is 43.3 Å². The van der Waals surface area contributed by atoms with E-state index in [1.165, 1.54) is 30.3 Å². The van der Waals surface area contributed by atoms with E-state index < -0.39 is 21.7 Å². The normalized spacial score (nSPS) is 13.0. The number of benzene rings is 2. The lowest BCUT2D eigenvalue weighted by Crippen LogP contribution is -2.07. The van der Waals surface area contributed by atoms with Gasteiger partial charge in [0.05, 0.1) is 4.90 Å². The zero-order chi connectivity index (χ0) is 15.6. The predicted octanol–water partition coefficient (Wildman–Crippen LogP) is 3.04. The average Bonchev–Trinajstić information content (AvgIpc) is 2.40. The van der Waals surface area contributed by atoms with Crippen LogP contribution in [0.25, 0.3) is 0 Å². The maximum atomic E-state index is 13.3. The van der Waals surface area contributed by atoms with Crippen LogP contribution in [0.3, 0.4) is 0 Å². The first-order valence-electron chi connectivity index (χ1n) is 6.30. The molecule has 112 valence electrons. The van der Waals surface area contributed by atoms with Crippen LogP contribution in [0.5, 0.6) is 11.5 Å². The van der Waals surface area contributed by atoms with Crippen LogP contribution in [0, 0.1) is 5.82 Å². The second kappa shape index (κ2) is 5.83. The van der Waals surface area contributed by atoms with Crippen molar-refractivity contribution >= 4 is 9.84 Å². The molecule has 2 rings (SSSR count). The number of hydrogen-bond donors (Lipinski definition) is 1. The number of hydrogen-bond acceptors (Lipinski definition) is 4. The van der Waals surface area contributed by atoms with Crippen molar-refractivity contribution in [3.8, 4) is 11.5 Å². The fraction of sp³-hybridized carbons (Fsp3) is 0.200. The Labute approximate surface area is 123 Å². The van der Waals surface area contributed by atoms with Crippen molar-refractivity contribution in [2.45, 2.75) is 17.9 Å². The van der Waals surface area contributed by atoms with Crippen molar-refractivity contribution in [2.24, 2.45) is 5.73 Å². The Morgan fingerprint density at radius 3 is 2.52 bits per heavy atom. The van der Waals surface area contributed by atoms with Crippen LogP contribution in [0.4, 0.5) is 4.39 Å². The van der Waals surface area contributed by atoms with Gasteiger partial charge >= 0.3 is 0 Å². The van der Waals surface area contributed by atoms with Gasteiger partial charge in [0.15, 0.2) is 9.84 Å². The molecule has 1 atom stereocenters.